The quantitative estimate of drug-likeness (QED) is 0.928. The Morgan fingerprint density at radius 2 is 2.10 bits per heavy atom. The third-order valence-electron chi connectivity index (χ3n) is 2.98. The molecule has 2 rings (SSSR count). The number of alkyl halides is 2. The van der Waals surface area contributed by atoms with Gasteiger partial charge in [0.2, 0.25) is 0 Å². The Morgan fingerprint density at radius 3 is 2.70 bits per heavy atom. The van der Waals surface area contributed by atoms with Crippen LogP contribution in [0.15, 0.2) is 18.2 Å². The SMILES string of the molecule is O=S1(=O)CCCC(Nc2ccc(OC(F)F)c(F)c2)C1. The lowest BCUT2D eigenvalue weighted by molar-refractivity contribution is -0.0521. The Morgan fingerprint density at radius 1 is 1.35 bits per heavy atom. The van der Waals surface area contributed by atoms with E-state index in [-0.39, 0.29) is 17.5 Å². The molecule has 0 spiro atoms. The zero-order valence-electron chi connectivity index (χ0n) is 10.5. The molecule has 1 aromatic rings. The topological polar surface area (TPSA) is 55.4 Å². The molecular formula is C12H14F3NO3S. The van der Waals surface area contributed by atoms with Gasteiger partial charge in [-0.1, -0.05) is 0 Å². The maximum atomic E-state index is 13.5. The third-order valence-corrected chi connectivity index (χ3v) is 4.80. The molecule has 0 aliphatic carbocycles. The van der Waals surface area contributed by atoms with E-state index < -0.39 is 28.0 Å². The smallest absolute Gasteiger partial charge is 0.387 e. The number of hydrogen-bond donors (Lipinski definition) is 1. The monoisotopic (exact) mass is 309 g/mol. The highest BCUT2D eigenvalue weighted by Crippen LogP contribution is 2.24. The zero-order chi connectivity index (χ0) is 14.8. The van der Waals surface area contributed by atoms with Gasteiger partial charge in [0.15, 0.2) is 21.4 Å². The highest BCUT2D eigenvalue weighted by atomic mass is 32.2. The summed E-state index contributed by atoms with van der Waals surface area (Å²) in [6.07, 6.45) is 1.21. The molecule has 1 unspecified atom stereocenters. The van der Waals surface area contributed by atoms with Gasteiger partial charge in [-0.3, -0.25) is 0 Å². The summed E-state index contributed by atoms with van der Waals surface area (Å²) in [7, 11) is -3.07. The molecule has 4 nitrogen and oxygen atoms in total. The highest BCUT2D eigenvalue weighted by molar-refractivity contribution is 7.91. The molecule has 0 bridgehead atoms. The van der Waals surface area contributed by atoms with Crippen LogP contribution in [0.5, 0.6) is 5.75 Å². The molecule has 0 aromatic heterocycles. The molecule has 1 atom stereocenters. The summed E-state index contributed by atoms with van der Waals surface area (Å²) in [5, 5.41) is 2.90. The van der Waals surface area contributed by atoms with Crippen LogP contribution < -0.4 is 10.1 Å². The van der Waals surface area contributed by atoms with E-state index in [4.69, 9.17) is 0 Å². The standard InChI is InChI=1S/C12H14F3NO3S/c13-10-6-8(3-4-11(10)19-12(14)15)16-9-2-1-5-20(17,18)7-9/h3-4,6,9,12,16H,1-2,5,7H2. The van der Waals surface area contributed by atoms with Crippen molar-refractivity contribution < 1.29 is 26.3 Å². The van der Waals surface area contributed by atoms with Crippen molar-refractivity contribution in [3.63, 3.8) is 0 Å². The van der Waals surface area contributed by atoms with Crippen molar-refractivity contribution in [2.24, 2.45) is 0 Å². The maximum absolute atomic E-state index is 13.5. The van der Waals surface area contributed by atoms with E-state index in [2.05, 4.69) is 10.1 Å². The lowest BCUT2D eigenvalue weighted by atomic mass is 10.1. The Hall–Kier alpha value is -1.44. The van der Waals surface area contributed by atoms with Gasteiger partial charge < -0.3 is 10.1 Å². The molecule has 1 aromatic carbocycles. The lowest BCUT2D eigenvalue weighted by Gasteiger charge is -2.24. The molecule has 1 saturated heterocycles. The largest absolute Gasteiger partial charge is 0.432 e. The molecule has 1 fully saturated rings. The predicted octanol–water partition coefficient (Wildman–Crippen LogP) is 2.42. The van der Waals surface area contributed by atoms with Crippen molar-refractivity contribution in [3.05, 3.63) is 24.0 Å². The van der Waals surface area contributed by atoms with Gasteiger partial charge in [0, 0.05) is 17.8 Å². The van der Waals surface area contributed by atoms with Gasteiger partial charge in [-0.25, -0.2) is 12.8 Å². The molecule has 1 heterocycles. The minimum atomic E-state index is -3.09. The van der Waals surface area contributed by atoms with E-state index in [9.17, 15) is 21.6 Å². The number of nitrogens with one attached hydrogen (secondary N) is 1. The number of hydrogen-bond acceptors (Lipinski definition) is 4. The lowest BCUT2D eigenvalue weighted by Crippen LogP contribution is -2.34. The van der Waals surface area contributed by atoms with E-state index in [1.807, 2.05) is 0 Å². The second-order valence-corrected chi connectivity index (χ2v) is 6.85. The van der Waals surface area contributed by atoms with Crippen molar-refractivity contribution >= 4 is 15.5 Å². The van der Waals surface area contributed by atoms with Crippen molar-refractivity contribution in [2.45, 2.75) is 25.5 Å². The zero-order valence-corrected chi connectivity index (χ0v) is 11.3. The summed E-state index contributed by atoms with van der Waals surface area (Å²) in [5.41, 5.74) is 0.339. The molecule has 0 amide bonds. The summed E-state index contributed by atoms with van der Waals surface area (Å²) < 4.78 is 64.4. The second kappa shape index (κ2) is 5.90. The molecule has 112 valence electrons. The molecule has 20 heavy (non-hydrogen) atoms. The van der Waals surface area contributed by atoms with E-state index in [1.54, 1.807) is 0 Å². The Bertz CT molecular complexity index is 577. The second-order valence-electron chi connectivity index (χ2n) is 4.62. The van der Waals surface area contributed by atoms with Gasteiger partial charge in [0.25, 0.3) is 0 Å². The summed E-state index contributed by atoms with van der Waals surface area (Å²) in [4.78, 5) is 0. The van der Waals surface area contributed by atoms with Crippen LogP contribution in [0.3, 0.4) is 0 Å². The molecular weight excluding hydrogens is 295 g/mol. The fourth-order valence-electron chi connectivity index (χ4n) is 2.15. The van der Waals surface area contributed by atoms with Crippen molar-refractivity contribution in [3.8, 4) is 5.75 Å². The first kappa shape index (κ1) is 15.0. The van der Waals surface area contributed by atoms with Crippen molar-refractivity contribution in [1.29, 1.82) is 0 Å². The molecule has 0 saturated carbocycles. The van der Waals surface area contributed by atoms with Crippen LogP contribution in [0.2, 0.25) is 0 Å². The third kappa shape index (κ3) is 4.03. The Labute approximate surface area is 114 Å². The minimum Gasteiger partial charge on any atom is -0.432 e. The van der Waals surface area contributed by atoms with Gasteiger partial charge in [-0.05, 0) is 25.0 Å². The van der Waals surface area contributed by atoms with Crippen LogP contribution in [-0.4, -0.2) is 32.6 Å². The fraction of sp³-hybridized carbons (Fsp3) is 0.500. The summed E-state index contributed by atoms with van der Waals surface area (Å²) in [6.45, 7) is -3.09. The summed E-state index contributed by atoms with van der Waals surface area (Å²) in [6, 6.07) is 3.18. The van der Waals surface area contributed by atoms with Crippen LogP contribution in [0.4, 0.5) is 18.9 Å². The first-order chi connectivity index (χ1) is 9.35. The summed E-state index contributed by atoms with van der Waals surface area (Å²) in [5.74, 6) is -1.30. The van der Waals surface area contributed by atoms with E-state index in [1.165, 1.54) is 6.07 Å². The van der Waals surface area contributed by atoms with Crippen LogP contribution in [0, 0.1) is 5.82 Å². The first-order valence-corrected chi connectivity index (χ1v) is 7.89. The molecule has 1 aliphatic rings. The van der Waals surface area contributed by atoms with Crippen LogP contribution in [0.25, 0.3) is 0 Å². The Kier molecular flexibility index (Phi) is 4.42. The van der Waals surface area contributed by atoms with Gasteiger partial charge in [0.1, 0.15) is 0 Å². The van der Waals surface area contributed by atoms with Gasteiger partial charge >= 0.3 is 6.61 Å². The number of sulfone groups is 1. The fourth-order valence-corrected chi connectivity index (χ4v) is 3.79. The van der Waals surface area contributed by atoms with Crippen LogP contribution in [-0.2, 0) is 9.84 Å². The predicted molar refractivity (Wildman–Crippen MR) is 68.3 cm³/mol. The number of benzene rings is 1. The highest BCUT2D eigenvalue weighted by Gasteiger charge is 2.24. The van der Waals surface area contributed by atoms with Gasteiger partial charge in [-0.2, -0.15) is 8.78 Å². The molecule has 0 radical (unpaired) electrons. The number of rotatable bonds is 4. The van der Waals surface area contributed by atoms with Crippen molar-refractivity contribution in [1.82, 2.24) is 0 Å². The van der Waals surface area contributed by atoms with Crippen LogP contribution >= 0.6 is 0 Å². The maximum Gasteiger partial charge on any atom is 0.387 e. The molecule has 1 aliphatic heterocycles. The number of anilines is 1. The number of halogens is 3. The van der Waals surface area contributed by atoms with E-state index >= 15 is 0 Å². The molecule has 8 heteroatoms. The average molecular weight is 309 g/mol. The van der Waals surface area contributed by atoms with Gasteiger partial charge in [-0.15, -0.1) is 0 Å². The molecule has 1 N–H and O–H groups in total. The first-order valence-electron chi connectivity index (χ1n) is 6.07. The van der Waals surface area contributed by atoms with E-state index in [0.29, 0.717) is 18.5 Å². The normalized spacial score (nSPS) is 21.7. The van der Waals surface area contributed by atoms with Crippen LogP contribution in [0.1, 0.15) is 12.8 Å². The summed E-state index contributed by atoms with van der Waals surface area (Å²) >= 11 is 0. The van der Waals surface area contributed by atoms with Gasteiger partial charge in [0.05, 0.1) is 11.5 Å². The Balaban J connectivity index is 2.05. The number of ether oxygens (including phenoxy) is 1. The van der Waals surface area contributed by atoms with E-state index in [0.717, 1.165) is 12.1 Å². The minimum absolute atomic E-state index is 0.0100. The average Bonchev–Trinajstić information content (AvgIpc) is 2.31. The van der Waals surface area contributed by atoms with Crippen molar-refractivity contribution in [2.75, 3.05) is 16.8 Å².